The van der Waals surface area contributed by atoms with E-state index in [1.54, 1.807) is 18.2 Å². The Morgan fingerprint density at radius 1 is 1.16 bits per heavy atom. The maximum absolute atomic E-state index is 13.9. The number of fused-ring (bicyclic) bond motifs is 1. The van der Waals surface area contributed by atoms with Crippen LogP contribution in [0.25, 0.3) is 0 Å². The molecule has 238 valence electrons. The lowest BCUT2D eigenvalue weighted by Crippen LogP contribution is -2.45. The van der Waals surface area contributed by atoms with Crippen LogP contribution in [-0.4, -0.2) is 86.8 Å². The smallest absolute Gasteiger partial charge is 0.258 e. The zero-order valence-electron chi connectivity index (χ0n) is 25.2. The Bertz CT molecular complexity index is 1600. The highest BCUT2D eigenvalue weighted by Gasteiger charge is 2.41. The number of sulfonamides is 1. The molecule has 0 unspecified atom stereocenters. The number of ether oxygens (including phenoxy) is 2. The van der Waals surface area contributed by atoms with E-state index in [2.05, 4.69) is 20.8 Å². The minimum Gasteiger partial charge on any atom is -0.492 e. The third kappa shape index (κ3) is 7.04. The van der Waals surface area contributed by atoms with Gasteiger partial charge in [-0.05, 0) is 51.2 Å². The molecule has 14 heteroatoms. The first-order chi connectivity index (χ1) is 20.8. The van der Waals surface area contributed by atoms with Gasteiger partial charge >= 0.3 is 0 Å². The van der Waals surface area contributed by atoms with Crippen molar-refractivity contribution in [3.63, 3.8) is 0 Å². The molecule has 1 amide bonds. The van der Waals surface area contributed by atoms with Gasteiger partial charge < -0.3 is 25.0 Å². The Morgan fingerprint density at radius 2 is 1.86 bits per heavy atom. The molecule has 0 spiro atoms. The molecule has 0 aliphatic carbocycles. The largest absolute Gasteiger partial charge is 0.492 e. The number of aromatic amines is 1. The summed E-state index contributed by atoms with van der Waals surface area (Å²) in [6.45, 7) is 5.98. The number of anilines is 2. The van der Waals surface area contributed by atoms with Gasteiger partial charge in [0, 0.05) is 67.7 Å². The van der Waals surface area contributed by atoms with Gasteiger partial charge in [-0.1, -0.05) is 13.8 Å². The van der Waals surface area contributed by atoms with Crippen LogP contribution in [0, 0.1) is 11.6 Å². The van der Waals surface area contributed by atoms with Crippen molar-refractivity contribution in [2.24, 2.45) is 0 Å². The van der Waals surface area contributed by atoms with Gasteiger partial charge in [-0.3, -0.25) is 9.89 Å². The molecular formula is C30H38F2N6O5S. The Morgan fingerprint density at radius 3 is 2.55 bits per heavy atom. The quantitative estimate of drug-likeness (QED) is 0.307. The summed E-state index contributed by atoms with van der Waals surface area (Å²) in [7, 11) is -0.359. The first kappa shape index (κ1) is 31.8. The topological polar surface area (TPSA) is 129 Å². The van der Waals surface area contributed by atoms with E-state index in [1.165, 1.54) is 0 Å². The van der Waals surface area contributed by atoms with E-state index in [9.17, 15) is 22.0 Å². The van der Waals surface area contributed by atoms with Crippen molar-refractivity contribution >= 4 is 27.4 Å². The number of hydrogen-bond acceptors (Lipinski definition) is 8. The zero-order chi connectivity index (χ0) is 31.6. The highest BCUT2D eigenvalue weighted by Crippen LogP contribution is 2.38. The number of H-pyrrole nitrogens is 1. The monoisotopic (exact) mass is 632 g/mol. The maximum atomic E-state index is 13.9. The molecular weight excluding hydrogens is 594 g/mol. The average Bonchev–Trinajstić information content (AvgIpc) is 3.36. The van der Waals surface area contributed by atoms with Crippen LogP contribution < -0.4 is 15.4 Å². The van der Waals surface area contributed by atoms with E-state index in [4.69, 9.17) is 9.47 Å². The molecule has 5 rings (SSSR count). The SMILES string of the molecule is CN(C)CCOc1ccc(C(=O)Nc2n[nH]c3c2CN(S(=O)(=O)c2cc(F)cc(F)c2)CC3(C)C)c(NC2CCOCC2)c1. The summed E-state index contributed by atoms with van der Waals surface area (Å²) in [4.78, 5) is 15.2. The Kier molecular flexibility index (Phi) is 9.25. The number of halogens is 2. The molecule has 1 fully saturated rings. The summed E-state index contributed by atoms with van der Waals surface area (Å²) in [6, 6.07) is 7.53. The van der Waals surface area contributed by atoms with E-state index >= 15 is 0 Å². The molecule has 3 N–H and O–H groups in total. The van der Waals surface area contributed by atoms with Crippen LogP contribution in [0.3, 0.4) is 0 Å². The molecule has 0 radical (unpaired) electrons. The van der Waals surface area contributed by atoms with Gasteiger partial charge in [-0.25, -0.2) is 17.2 Å². The number of likely N-dealkylation sites (N-methyl/N-ethyl adjacent to an activating group) is 1. The number of benzene rings is 2. The van der Waals surface area contributed by atoms with E-state index in [0.717, 1.165) is 35.8 Å². The second-order valence-corrected chi connectivity index (χ2v) is 14.0. The molecule has 0 atom stereocenters. The van der Waals surface area contributed by atoms with Crippen LogP contribution in [0.15, 0.2) is 41.3 Å². The number of nitrogens with zero attached hydrogens (tertiary/aromatic N) is 3. The molecule has 2 aliphatic rings. The summed E-state index contributed by atoms with van der Waals surface area (Å²) in [6.07, 6.45) is 1.57. The lowest BCUT2D eigenvalue weighted by atomic mass is 9.84. The van der Waals surface area contributed by atoms with Crippen molar-refractivity contribution in [2.45, 2.75) is 49.6 Å². The van der Waals surface area contributed by atoms with Crippen molar-refractivity contribution in [1.29, 1.82) is 0 Å². The maximum Gasteiger partial charge on any atom is 0.258 e. The summed E-state index contributed by atoms with van der Waals surface area (Å²) in [5, 5.41) is 13.6. The van der Waals surface area contributed by atoms with Crippen molar-refractivity contribution in [2.75, 3.05) is 57.6 Å². The van der Waals surface area contributed by atoms with Crippen LogP contribution in [0.4, 0.5) is 20.3 Å². The fourth-order valence-electron chi connectivity index (χ4n) is 5.44. The number of carbonyl (C=O) groups excluding carboxylic acids is 1. The van der Waals surface area contributed by atoms with E-state index < -0.39 is 37.9 Å². The second-order valence-electron chi connectivity index (χ2n) is 12.0. The molecule has 44 heavy (non-hydrogen) atoms. The average molecular weight is 633 g/mol. The van der Waals surface area contributed by atoms with Gasteiger partial charge in [0.1, 0.15) is 24.0 Å². The molecule has 0 bridgehead atoms. The van der Waals surface area contributed by atoms with Crippen molar-refractivity contribution < 1.29 is 31.5 Å². The first-order valence-corrected chi connectivity index (χ1v) is 15.9. The van der Waals surface area contributed by atoms with Crippen molar-refractivity contribution in [3.8, 4) is 5.75 Å². The number of aromatic nitrogens is 2. The van der Waals surface area contributed by atoms with Crippen LogP contribution in [0.2, 0.25) is 0 Å². The highest BCUT2D eigenvalue weighted by atomic mass is 32.2. The summed E-state index contributed by atoms with van der Waals surface area (Å²) in [5.74, 6) is -1.64. The third-order valence-corrected chi connectivity index (χ3v) is 9.55. The number of nitrogens with one attached hydrogen (secondary N) is 3. The van der Waals surface area contributed by atoms with Gasteiger partial charge in [0.05, 0.1) is 16.1 Å². The van der Waals surface area contributed by atoms with Crippen LogP contribution in [0.1, 0.15) is 48.3 Å². The molecule has 1 saturated heterocycles. The molecule has 1 aromatic heterocycles. The lowest BCUT2D eigenvalue weighted by Gasteiger charge is -2.36. The Hall–Kier alpha value is -3.59. The third-order valence-electron chi connectivity index (χ3n) is 7.78. The van der Waals surface area contributed by atoms with E-state index in [-0.39, 0.29) is 24.9 Å². The fourth-order valence-corrected chi connectivity index (χ4v) is 7.06. The van der Waals surface area contributed by atoms with Gasteiger partial charge in [-0.15, -0.1) is 0 Å². The van der Waals surface area contributed by atoms with E-state index in [0.29, 0.717) is 54.1 Å². The van der Waals surface area contributed by atoms with Crippen molar-refractivity contribution in [1.82, 2.24) is 19.4 Å². The molecule has 11 nitrogen and oxygen atoms in total. The predicted octanol–water partition coefficient (Wildman–Crippen LogP) is 3.95. The number of hydrogen-bond donors (Lipinski definition) is 3. The molecule has 0 saturated carbocycles. The van der Waals surface area contributed by atoms with Gasteiger partial charge in [0.15, 0.2) is 5.82 Å². The number of rotatable bonds is 10. The second kappa shape index (κ2) is 12.8. The van der Waals surface area contributed by atoms with Gasteiger partial charge in [0.2, 0.25) is 10.0 Å². The first-order valence-electron chi connectivity index (χ1n) is 14.4. The Balaban J connectivity index is 1.41. The zero-order valence-corrected chi connectivity index (χ0v) is 26.1. The summed E-state index contributed by atoms with van der Waals surface area (Å²) in [5.41, 5.74) is 1.35. The lowest BCUT2D eigenvalue weighted by molar-refractivity contribution is 0.0904. The van der Waals surface area contributed by atoms with Crippen molar-refractivity contribution in [3.05, 3.63) is 64.9 Å². The molecule has 3 aromatic rings. The molecule has 3 heterocycles. The minimum absolute atomic E-state index is 0.0322. The normalized spacial score (nSPS) is 17.3. The van der Waals surface area contributed by atoms with Gasteiger partial charge in [-0.2, -0.15) is 9.40 Å². The standard InChI is InChI=1S/C30H38F2N6O5S/c1-30(2)18-38(44(40,41)23-14-19(31)13-20(32)15-23)17-25-27(30)35-36-28(25)34-29(39)24-6-5-22(43-12-9-37(3)4)16-26(24)33-21-7-10-42-11-8-21/h5-6,13-16,21,33H,7-12,17-18H2,1-4H3,(H2,34,35,36,39). The number of carbonyl (C=O) groups is 1. The van der Waals surface area contributed by atoms with E-state index in [1.807, 2.05) is 32.8 Å². The molecule has 2 aromatic carbocycles. The number of amides is 1. The van der Waals surface area contributed by atoms with Crippen LogP contribution in [0.5, 0.6) is 5.75 Å². The summed E-state index contributed by atoms with van der Waals surface area (Å²) >= 11 is 0. The predicted molar refractivity (Wildman–Crippen MR) is 161 cm³/mol. The Labute approximate surface area is 256 Å². The summed E-state index contributed by atoms with van der Waals surface area (Å²) < 4.78 is 67.4. The van der Waals surface area contributed by atoms with Crippen LogP contribution in [-0.2, 0) is 26.7 Å². The minimum atomic E-state index is -4.28. The fraction of sp³-hybridized carbons (Fsp3) is 0.467. The van der Waals surface area contributed by atoms with Gasteiger partial charge in [0.25, 0.3) is 5.91 Å². The highest BCUT2D eigenvalue weighted by molar-refractivity contribution is 7.89. The van der Waals surface area contributed by atoms with Crippen LogP contribution >= 0.6 is 0 Å². The molecule has 2 aliphatic heterocycles.